The number of hydrogen-bond acceptors (Lipinski definition) is 2. The lowest BCUT2D eigenvalue weighted by atomic mass is 9.97. The first-order valence-electron chi connectivity index (χ1n) is 15.3. The maximum atomic E-state index is 2.51. The van der Waals surface area contributed by atoms with E-state index in [1.807, 2.05) is 22.7 Å². The van der Waals surface area contributed by atoms with Crippen LogP contribution in [0.5, 0.6) is 0 Å². The molecule has 0 fully saturated rings. The fourth-order valence-corrected chi connectivity index (χ4v) is 9.39. The Hall–Kier alpha value is -5.22. The fourth-order valence-electron chi connectivity index (χ4n) is 7.20. The van der Waals surface area contributed by atoms with Crippen LogP contribution in [0.15, 0.2) is 152 Å². The summed E-state index contributed by atoms with van der Waals surface area (Å²) in [7, 11) is 0. The Labute approximate surface area is 267 Å². The molecule has 0 atom stereocenters. The van der Waals surface area contributed by atoms with Crippen LogP contribution >= 0.6 is 22.7 Å². The van der Waals surface area contributed by atoms with Crippen LogP contribution in [-0.2, 0) is 0 Å². The van der Waals surface area contributed by atoms with Crippen molar-refractivity contribution in [2.75, 3.05) is 0 Å². The van der Waals surface area contributed by atoms with Gasteiger partial charge in [-0.1, -0.05) is 103 Å². The summed E-state index contributed by atoms with van der Waals surface area (Å²) >= 11 is 3.75. The second kappa shape index (κ2) is 9.64. The topological polar surface area (TPSA) is 4.93 Å². The molecule has 0 saturated heterocycles. The Morgan fingerprint density at radius 2 is 1.02 bits per heavy atom. The van der Waals surface area contributed by atoms with Gasteiger partial charge in [0.25, 0.3) is 0 Å². The number of benzene rings is 7. The van der Waals surface area contributed by atoms with Gasteiger partial charge in [-0.15, -0.1) is 22.7 Å². The Kier molecular flexibility index (Phi) is 5.39. The van der Waals surface area contributed by atoms with Crippen molar-refractivity contribution in [1.82, 2.24) is 4.57 Å². The number of rotatable bonds is 3. The molecule has 0 radical (unpaired) electrons. The summed E-state index contributed by atoms with van der Waals surface area (Å²) in [5, 5.41) is 7.90. The summed E-state index contributed by atoms with van der Waals surface area (Å²) in [6.45, 7) is 0. The van der Waals surface area contributed by atoms with Crippen LogP contribution in [0, 0.1) is 0 Å². The SMILES string of the molecule is c1cc(-c2ccc3sc4ccccc4c3c2)cc(-c2ccccc2-n2c3ccccc3c3ccc4sc5ccccc5c4c32)c1. The van der Waals surface area contributed by atoms with Crippen molar-refractivity contribution >= 4 is 84.8 Å². The maximum Gasteiger partial charge on any atom is 0.0634 e. The van der Waals surface area contributed by atoms with E-state index >= 15 is 0 Å². The van der Waals surface area contributed by atoms with Crippen molar-refractivity contribution in [2.24, 2.45) is 0 Å². The molecule has 10 rings (SSSR count). The van der Waals surface area contributed by atoms with E-state index in [4.69, 9.17) is 0 Å². The highest BCUT2D eigenvalue weighted by Gasteiger charge is 2.20. The van der Waals surface area contributed by atoms with Crippen LogP contribution in [0.4, 0.5) is 0 Å². The van der Waals surface area contributed by atoms with Crippen molar-refractivity contribution in [3.63, 3.8) is 0 Å². The molecule has 3 heteroatoms. The number of aromatic nitrogens is 1. The molecule has 0 saturated carbocycles. The Morgan fingerprint density at radius 1 is 0.378 bits per heavy atom. The number of thiophene rings is 2. The summed E-state index contributed by atoms with van der Waals surface area (Å²) < 4.78 is 7.83. The van der Waals surface area contributed by atoms with Gasteiger partial charge in [0.15, 0.2) is 0 Å². The van der Waals surface area contributed by atoms with Crippen LogP contribution < -0.4 is 0 Å². The molecule has 0 aliphatic heterocycles. The van der Waals surface area contributed by atoms with E-state index in [1.54, 1.807) is 0 Å². The first-order chi connectivity index (χ1) is 22.3. The first-order valence-corrected chi connectivity index (χ1v) is 16.9. The summed E-state index contributed by atoms with van der Waals surface area (Å²) in [5.41, 5.74) is 8.62. The molecule has 0 N–H and O–H groups in total. The van der Waals surface area contributed by atoms with Gasteiger partial charge in [0, 0.05) is 56.7 Å². The standard InChI is InChI=1S/C42H25NS2/c1-5-16-35(43-36-17-6-2-13-30(36)32-21-23-40-41(42(32)43)33-15-4-8-19-38(33)45-40)29(12-1)28-11-9-10-26(24-28)27-20-22-39-34(25-27)31-14-3-7-18-37(31)44-39/h1-25H. The number of nitrogens with zero attached hydrogens (tertiary/aromatic N) is 1. The molecule has 0 unspecified atom stereocenters. The molecule has 10 aromatic rings. The smallest absolute Gasteiger partial charge is 0.0634 e. The van der Waals surface area contributed by atoms with E-state index in [9.17, 15) is 0 Å². The Bertz CT molecular complexity index is 2770. The van der Waals surface area contributed by atoms with Gasteiger partial charge in [0.05, 0.1) is 16.7 Å². The second-order valence-electron chi connectivity index (χ2n) is 11.7. The first kappa shape index (κ1) is 25.1. The summed E-state index contributed by atoms with van der Waals surface area (Å²) in [6, 6.07) is 55.9. The lowest BCUT2D eigenvalue weighted by molar-refractivity contribution is 1.19. The highest BCUT2D eigenvalue weighted by Crippen LogP contribution is 2.44. The van der Waals surface area contributed by atoms with Crippen LogP contribution in [-0.4, -0.2) is 4.57 Å². The molecule has 45 heavy (non-hydrogen) atoms. The van der Waals surface area contributed by atoms with Gasteiger partial charge in [-0.2, -0.15) is 0 Å². The quantitative estimate of drug-likeness (QED) is 0.188. The predicted molar refractivity (Wildman–Crippen MR) is 197 cm³/mol. The minimum absolute atomic E-state index is 1.20. The van der Waals surface area contributed by atoms with Gasteiger partial charge in [-0.3, -0.25) is 0 Å². The zero-order valence-electron chi connectivity index (χ0n) is 24.2. The highest BCUT2D eigenvalue weighted by molar-refractivity contribution is 7.26. The minimum atomic E-state index is 1.20. The molecule has 0 aliphatic rings. The van der Waals surface area contributed by atoms with Crippen LogP contribution in [0.3, 0.4) is 0 Å². The Balaban J connectivity index is 1.22. The molecule has 0 amide bonds. The molecule has 1 nitrogen and oxygen atoms in total. The van der Waals surface area contributed by atoms with Crippen molar-refractivity contribution in [2.45, 2.75) is 0 Å². The van der Waals surface area contributed by atoms with Crippen molar-refractivity contribution < 1.29 is 0 Å². The third-order valence-electron chi connectivity index (χ3n) is 9.20. The normalized spacial score (nSPS) is 12.0. The van der Waals surface area contributed by atoms with E-state index < -0.39 is 0 Å². The molecule has 0 bridgehead atoms. The van der Waals surface area contributed by atoms with Gasteiger partial charge in [-0.25, -0.2) is 0 Å². The average molecular weight is 608 g/mol. The fraction of sp³-hybridized carbons (Fsp3) is 0. The molecule has 7 aromatic carbocycles. The average Bonchev–Trinajstić information content (AvgIpc) is 3.77. The van der Waals surface area contributed by atoms with E-state index in [-0.39, 0.29) is 0 Å². The molecule has 3 heterocycles. The van der Waals surface area contributed by atoms with Gasteiger partial charge in [0.2, 0.25) is 0 Å². The molecule has 0 aliphatic carbocycles. The summed E-state index contributed by atoms with van der Waals surface area (Å²) in [4.78, 5) is 0. The summed E-state index contributed by atoms with van der Waals surface area (Å²) in [6.07, 6.45) is 0. The van der Waals surface area contributed by atoms with Gasteiger partial charge >= 0.3 is 0 Å². The molecule has 0 spiro atoms. The van der Waals surface area contributed by atoms with Crippen molar-refractivity contribution in [1.29, 1.82) is 0 Å². The highest BCUT2D eigenvalue weighted by atomic mass is 32.1. The Morgan fingerprint density at radius 3 is 1.93 bits per heavy atom. The molecular weight excluding hydrogens is 583 g/mol. The van der Waals surface area contributed by atoms with Crippen LogP contribution in [0.1, 0.15) is 0 Å². The largest absolute Gasteiger partial charge is 0.308 e. The third kappa shape index (κ3) is 3.72. The zero-order chi connectivity index (χ0) is 29.5. The van der Waals surface area contributed by atoms with Gasteiger partial charge in [-0.05, 0) is 65.2 Å². The lowest BCUT2D eigenvalue weighted by Crippen LogP contribution is -1.97. The summed E-state index contributed by atoms with van der Waals surface area (Å²) in [5.74, 6) is 0. The van der Waals surface area contributed by atoms with Gasteiger partial charge < -0.3 is 4.57 Å². The lowest BCUT2D eigenvalue weighted by Gasteiger charge is -2.15. The van der Waals surface area contributed by atoms with Crippen molar-refractivity contribution in [3.05, 3.63) is 152 Å². The number of fused-ring (bicyclic) bond motifs is 10. The zero-order valence-corrected chi connectivity index (χ0v) is 25.8. The maximum absolute atomic E-state index is 2.51. The van der Waals surface area contributed by atoms with E-state index in [0.29, 0.717) is 0 Å². The molecular formula is C42H25NS2. The molecule has 3 aromatic heterocycles. The number of para-hydroxylation sites is 2. The van der Waals surface area contributed by atoms with E-state index in [1.165, 1.54) is 90.1 Å². The van der Waals surface area contributed by atoms with E-state index in [2.05, 4.69) is 156 Å². The van der Waals surface area contributed by atoms with Crippen molar-refractivity contribution in [3.8, 4) is 27.9 Å². The van der Waals surface area contributed by atoms with Crippen LogP contribution in [0.25, 0.3) is 90.1 Å². The molecule has 210 valence electrons. The van der Waals surface area contributed by atoms with Crippen LogP contribution in [0.2, 0.25) is 0 Å². The monoisotopic (exact) mass is 607 g/mol. The third-order valence-corrected chi connectivity index (χ3v) is 11.5. The second-order valence-corrected chi connectivity index (χ2v) is 13.9. The number of hydrogen-bond donors (Lipinski definition) is 0. The minimum Gasteiger partial charge on any atom is -0.308 e. The van der Waals surface area contributed by atoms with E-state index in [0.717, 1.165) is 0 Å². The van der Waals surface area contributed by atoms with Gasteiger partial charge in [0.1, 0.15) is 0 Å². The predicted octanol–water partition coefficient (Wildman–Crippen LogP) is 12.9.